The van der Waals surface area contributed by atoms with E-state index in [1.807, 2.05) is 29.7 Å². The van der Waals surface area contributed by atoms with Gasteiger partial charge in [0.05, 0.1) is 22.4 Å². The summed E-state index contributed by atoms with van der Waals surface area (Å²) < 4.78 is 3.00. The van der Waals surface area contributed by atoms with Gasteiger partial charge in [0.25, 0.3) is 5.91 Å². The van der Waals surface area contributed by atoms with Crippen LogP contribution in [0.3, 0.4) is 0 Å². The summed E-state index contributed by atoms with van der Waals surface area (Å²) >= 11 is 9.77. The third-order valence-electron chi connectivity index (χ3n) is 5.29. The van der Waals surface area contributed by atoms with Gasteiger partial charge in [0.15, 0.2) is 11.0 Å². The van der Waals surface area contributed by atoms with Crippen LogP contribution in [-0.2, 0) is 11.3 Å². The highest BCUT2D eigenvalue weighted by atomic mass is 127. The number of nitrogens with one attached hydrogen (secondary N) is 2. The largest absolute Gasteiger partial charge is 0.342 e. The van der Waals surface area contributed by atoms with Crippen molar-refractivity contribution in [1.82, 2.24) is 20.1 Å². The van der Waals surface area contributed by atoms with Crippen molar-refractivity contribution in [2.75, 3.05) is 11.1 Å². The Bertz CT molecular complexity index is 1250. The van der Waals surface area contributed by atoms with Gasteiger partial charge in [-0.3, -0.25) is 9.59 Å². The molecule has 36 heavy (non-hydrogen) atoms. The molecule has 2 amide bonds. The number of benzene rings is 2. The highest BCUT2D eigenvalue weighted by Gasteiger charge is 2.25. The first-order valence-corrected chi connectivity index (χ1v) is 13.9. The zero-order valence-corrected chi connectivity index (χ0v) is 24.2. The van der Waals surface area contributed by atoms with E-state index in [1.54, 1.807) is 30.3 Å². The van der Waals surface area contributed by atoms with Crippen LogP contribution in [0.5, 0.6) is 0 Å². The van der Waals surface area contributed by atoms with Gasteiger partial charge in [0.1, 0.15) is 0 Å². The number of allylic oxidation sites excluding steroid dienone is 1. The topological polar surface area (TPSA) is 88.9 Å². The predicted octanol–water partition coefficient (Wildman–Crippen LogP) is 6.28. The first-order chi connectivity index (χ1) is 17.2. The van der Waals surface area contributed by atoms with E-state index in [0.717, 1.165) is 14.8 Å². The lowest BCUT2D eigenvalue weighted by Crippen LogP contribution is -2.32. The predicted molar refractivity (Wildman–Crippen MR) is 155 cm³/mol. The molecule has 0 aliphatic carbocycles. The van der Waals surface area contributed by atoms with Gasteiger partial charge in [-0.25, -0.2) is 0 Å². The lowest BCUT2D eigenvalue weighted by Gasteiger charge is -2.21. The van der Waals surface area contributed by atoms with Crippen molar-refractivity contribution < 1.29 is 9.59 Å². The van der Waals surface area contributed by atoms with E-state index >= 15 is 0 Å². The van der Waals surface area contributed by atoms with E-state index in [-0.39, 0.29) is 29.5 Å². The summed E-state index contributed by atoms with van der Waals surface area (Å²) in [5.74, 6) is 0.655. The van der Waals surface area contributed by atoms with Crippen molar-refractivity contribution in [1.29, 1.82) is 0 Å². The Morgan fingerprint density at radius 3 is 2.64 bits per heavy atom. The SMILES string of the molecule is C=CCn1c(SCC(=O)Nc2ccc(I)cc2C)nnc1[C@@H](CC(C)C)NC(=O)c1ccccc1Cl. The minimum Gasteiger partial charge on any atom is -0.342 e. The average Bonchev–Trinajstić information content (AvgIpc) is 3.22. The second-order valence-electron chi connectivity index (χ2n) is 8.67. The monoisotopic (exact) mass is 637 g/mol. The zero-order valence-electron chi connectivity index (χ0n) is 20.4. The van der Waals surface area contributed by atoms with Gasteiger partial charge in [-0.15, -0.1) is 16.8 Å². The molecule has 0 radical (unpaired) electrons. The Morgan fingerprint density at radius 1 is 1.22 bits per heavy atom. The van der Waals surface area contributed by atoms with Crippen molar-refractivity contribution in [3.8, 4) is 0 Å². The number of carbonyl (C=O) groups is 2. The maximum absolute atomic E-state index is 13.0. The van der Waals surface area contributed by atoms with E-state index in [4.69, 9.17) is 11.6 Å². The summed E-state index contributed by atoms with van der Waals surface area (Å²) in [4.78, 5) is 25.6. The molecule has 0 fully saturated rings. The fraction of sp³-hybridized carbons (Fsp3) is 0.308. The van der Waals surface area contributed by atoms with Crippen molar-refractivity contribution in [3.63, 3.8) is 0 Å². The van der Waals surface area contributed by atoms with Crippen LogP contribution < -0.4 is 10.6 Å². The Kier molecular flexibility index (Phi) is 10.4. The van der Waals surface area contributed by atoms with Crippen LogP contribution in [0.25, 0.3) is 0 Å². The normalized spacial score (nSPS) is 11.8. The number of thioether (sulfide) groups is 1. The lowest BCUT2D eigenvalue weighted by molar-refractivity contribution is -0.113. The smallest absolute Gasteiger partial charge is 0.253 e. The molecule has 0 saturated heterocycles. The molecule has 2 aromatic carbocycles. The van der Waals surface area contributed by atoms with Crippen molar-refractivity contribution >= 4 is 63.5 Å². The first-order valence-electron chi connectivity index (χ1n) is 11.5. The van der Waals surface area contributed by atoms with Gasteiger partial charge in [-0.1, -0.05) is 55.4 Å². The number of anilines is 1. The quantitative estimate of drug-likeness (QED) is 0.147. The number of amides is 2. The number of aromatic nitrogens is 3. The number of halogens is 2. The van der Waals surface area contributed by atoms with Gasteiger partial charge in [0, 0.05) is 15.8 Å². The molecule has 0 saturated carbocycles. The van der Waals surface area contributed by atoms with Gasteiger partial charge in [-0.2, -0.15) is 0 Å². The number of nitrogens with zero attached hydrogens (tertiary/aromatic N) is 3. The summed E-state index contributed by atoms with van der Waals surface area (Å²) in [5, 5.41) is 15.7. The number of rotatable bonds is 11. The highest BCUT2D eigenvalue weighted by Crippen LogP contribution is 2.26. The van der Waals surface area contributed by atoms with Gasteiger partial charge in [0.2, 0.25) is 5.91 Å². The van der Waals surface area contributed by atoms with Crippen molar-refractivity contribution in [2.45, 2.75) is 44.9 Å². The molecule has 0 aliphatic heterocycles. The zero-order chi connectivity index (χ0) is 26.2. The van der Waals surface area contributed by atoms with Crippen LogP contribution >= 0.6 is 46.0 Å². The molecule has 1 atom stereocenters. The molecular formula is C26H29ClIN5O2S. The Morgan fingerprint density at radius 2 is 1.97 bits per heavy atom. The molecule has 7 nitrogen and oxygen atoms in total. The van der Waals surface area contributed by atoms with Crippen LogP contribution in [0.4, 0.5) is 5.69 Å². The Labute approximate surface area is 234 Å². The molecule has 1 aromatic heterocycles. The van der Waals surface area contributed by atoms with E-state index in [1.165, 1.54) is 11.8 Å². The molecule has 0 bridgehead atoms. The standard InChI is InChI=1S/C26H29ClIN5O2S/c1-5-12-33-24(22(13-16(2)3)30-25(35)19-8-6-7-9-20(19)27)31-32-26(33)36-15-23(34)29-21-11-10-18(28)14-17(21)4/h5-11,14,16,22H,1,12-13,15H2,2-4H3,(H,29,34)(H,30,35)/t22-/m1/s1. The number of hydrogen-bond donors (Lipinski definition) is 2. The van der Waals surface area contributed by atoms with E-state index in [9.17, 15) is 9.59 Å². The van der Waals surface area contributed by atoms with Crippen molar-refractivity contribution in [2.24, 2.45) is 5.92 Å². The van der Waals surface area contributed by atoms with E-state index < -0.39 is 0 Å². The summed E-state index contributed by atoms with van der Waals surface area (Å²) in [7, 11) is 0. The maximum Gasteiger partial charge on any atom is 0.253 e. The fourth-order valence-electron chi connectivity index (χ4n) is 3.63. The molecule has 10 heteroatoms. The molecule has 3 rings (SSSR count). The highest BCUT2D eigenvalue weighted by molar-refractivity contribution is 14.1. The van der Waals surface area contributed by atoms with Crippen molar-refractivity contribution in [3.05, 3.63) is 80.7 Å². The molecular weight excluding hydrogens is 609 g/mol. The Hall–Kier alpha value is -2.37. The van der Waals surface area contributed by atoms with Crippen LogP contribution in [0.2, 0.25) is 5.02 Å². The van der Waals surface area contributed by atoms with Crippen LogP contribution in [0, 0.1) is 16.4 Å². The van der Waals surface area contributed by atoms with E-state index in [0.29, 0.717) is 34.5 Å². The second-order valence-corrected chi connectivity index (χ2v) is 11.3. The summed E-state index contributed by atoms with van der Waals surface area (Å²) in [5.41, 5.74) is 2.19. The minimum atomic E-state index is -0.390. The average molecular weight is 638 g/mol. The summed E-state index contributed by atoms with van der Waals surface area (Å²) in [6, 6.07) is 12.4. The molecule has 0 unspecified atom stereocenters. The number of aryl methyl sites for hydroxylation is 1. The second kappa shape index (κ2) is 13.3. The fourth-order valence-corrected chi connectivity index (χ4v) is 5.25. The third kappa shape index (κ3) is 7.57. The number of carbonyl (C=O) groups excluding carboxylic acids is 2. The van der Waals surface area contributed by atoms with Crippen LogP contribution in [0.1, 0.15) is 48.1 Å². The minimum absolute atomic E-state index is 0.134. The van der Waals surface area contributed by atoms with Gasteiger partial charge in [-0.05, 0) is 77.7 Å². The summed E-state index contributed by atoms with van der Waals surface area (Å²) in [6.45, 7) is 10.4. The molecule has 2 N–H and O–H groups in total. The molecule has 3 aromatic rings. The molecule has 0 aliphatic rings. The number of hydrogen-bond acceptors (Lipinski definition) is 5. The van der Waals surface area contributed by atoms with Gasteiger partial charge >= 0.3 is 0 Å². The first kappa shape index (κ1) is 28.2. The Balaban J connectivity index is 1.78. The lowest BCUT2D eigenvalue weighted by atomic mass is 10.0. The van der Waals surface area contributed by atoms with Crippen LogP contribution in [0.15, 0.2) is 60.3 Å². The third-order valence-corrected chi connectivity index (χ3v) is 7.26. The van der Waals surface area contributed by atoms with Crippen LogP contribution in [-0.4, -0.2) is 32.3 Å². The summed E-state index contributed by atoms with van der Waals surface area (Å²) in [6.07, 6.45) is 2.40. The molecule has 0 spiro atoms. The molecule has 1 heterocycles. The maximum atomic E-state index is 13.0. The van der Waals surface area contributed by atoms with Gasteiger partial charge < -0.3 is 15.2 Å². The van der Waals surface area contributed by atoms with E-state index in [2.05, 4.69) is 63.8 Å². The molecule has 190 valence electrons.